The van der Waals surface area contributed by atoms with E-state index in [0.717, 1.165) is 4.68 Å². The summed E-state index contributed by atoms with van der Waals surface area (Å²) in [7, 11) is 1.56. The van der Waals surface area contributed by atoms with Crippen molar-refractivity contribution in [2.75, 3.05) is 12.4 Å². The van der Waals surface area contributed by atoms with Crippen molar-refractivity contribution >= 4 is 11.6 Å². The van der Waals surface area contributed by atoms with Crippen LogP contribution in [0.4, 0.5) is 23.2 Å². The van der Waals surface area contributed by atoms with Crippen LogP contribution in [-0.2, 0) is 13.3 Å². The third-order valence-corrected chi connectivity index (χ3v) is 4.72. The maximum atomic E-state index is 13.9. The predicted molar refractivity (Wildman–Crippen MR) is 111 cm³/mol. The molecule has 0 saturated carbocycles. The van der Waals surface area contributed by atoms with Gasteiger partial charge >= 0.3 is 0 Å². The summed E-state index contributed by atoms with van der Waals surface area (Å²) in [6, 6.07) is 8.68. The maximum Gasteiger partial charge on any atom is 0.276 e. The van der Waals surface area contributed by atoms with Crippen LogP contribution in [0, 0.1) is 23.3 Å². The van der Waals surface area contributed by atoms with Crippen LogP contribution in [0.1, 0.15) is 16.1 Å². The topological polar surface area (TPSA) is 83.2 Å². The molecular weight excluding hydrogens is 458 g/mol. The molecule has 0 spiro atoms. The number of nitrogens with zero attached hydrogens (tertiary/aromatic N) is 4. The molecule has 4 aromatic rings. The van der Waals surface area contributed by atoms with Gasteiger partial charge in [-0.15, -0.1) is 0 Å². The minimum atomic E-state index is -1.77. The van der Waals surface area contributed by atoms with E-state index in [2.05, 4.69) is 15.5 Å². The summed E-state index contributed by atoms with van der Waals surface area (Å²) in [5, 5.41) is 10.5. The van der Waals surface area contributed by atoms with Crippen molar-refractivity contribution in [3.8, 4) is 11.5 Å². The molecule has 0 atom stereocenters. The Kier molecular flexibility index (Phi) is 6.48. The summed E-state index contributed by atoms with van der Waals surface area (Å²) in [6.45, 7) is -0.453. The van der Waals surface area contributed by atoms with E-state index in [1.807, 2.05) is 0 Å². The molecule has 0 saturated heterocycles. The number of rotatable bonds is 8. The van der Waals surface area contributed by atoms with Gasteiger partial charge in [-0.2, -0.15) is 10.2 Å². The van der Waals surface area contributed by atoms with E-state index in [0.29, 0.717) is 11.5 Å². The van der Waals surface area contributed by atoms with Gasteiger partial charge in [-0.3, -0.25) is 9.48 Å². The zero-order valence-corrected chi connectivity index (χ0v) is 17.6. The third-order valence-electron chi connectivity index (χ3n) is 4.72. The lowest BCUT2D eigenvalue weighted by Crippen LogP contribution is -2.14. The number of carbonyl (C=O) groups is 1. The van der Waals surface area contributed by atoms with Crippen LogP contribution < -0.4 is 14.8 Å². The number of ether oxygens (including phenoxy) is 2. The van der Waals surface area contributed by atoms with Crippen LogP contribution in [-0.4, -0.2) is 32.6 Å². The lowest BCUT2D eigenvalue weighted by Gasteiger charge is -2.07. The van der Waals surface area contributed by atoms with Crippen molar-refractivity contribution in [3.05, 3.63) is 89.5 Å². The zero-order valence-electron chi connectivity index (χ0n) is 17.6. The Morgan fingerprint density at radius 2 is 1.74 bits per heavy atom. The van der Waals surface area contributed by atoms with Gasteiger partial charge in [-0.05, 0) is 30.3 Å². The van der Waals surface area contributed by atoms with Crippen molar-refractivity contribution in [2.45, 2.75) is 13.3 Å². The Morgan fingerprint density at radius 3 is 2.47 bits per heavy atom. The Labute approximate surface area is 190 Å². The van der Waals surface area contributed by atoms with Crippen molar-refractivity contribution in [1.29, 1.82) is 0 Å². The Hall–Kier alpha value is -4.35. The number of hydrogen-bond acceptors (Lipinski definition) is 5. The number of carbonyl (C=O) groups excluding carboxylic acids is 1. The first-order valence-corrected chi connectivity index (χ1v) is 9.80. The number of aromatic nitrogens is 4. The molecule has 0 bridgehead atoms. The first-order chi connectivity index (χ1) is 16.3. The minimum absolute atomic E-state index is 0.0584. The standard InChI is InChI=1S/C22H17F4N5O3/c1-33-14-2-4-15(5-3-14)34-12-30-7-6-19(29-30)22(32)28-13-9-27-31(10-13)11-16-17(23)8-18(24)21(26)20(16)25/h2-10H,11-12H2,1H3,(H,28,32). The molecule has 12 heteroatoms. The van der Waals surface area contributed by atoms with Crippen LogP contribution in [0.25, 0.3) is 0 Å². The molecular formula is C22H17F4N5O3. The summed E-state index contributed by atoms with van der Waals surface area (Å²) in [5.74, 6) is -5.57. The minimum Gasteiger partial charge on any atom is -0.497 e. The molecule has 34 heavy (non-hydrogen) atoms. The summed E-state index contributed by atoms with van der Waals surface area (Å²) in [5.41, 5.74) is -0.406. The number of nitrogens with one attached hydrogen (secondary N) is 1. The van der Waals surface area contributed by atoms with Crippen LogP contribution in [0.5, 0.6) is 11.5 Å². The smallest absolute Gasteiger partial charge is 0.276 e. The molecule has 2 aromatic carbocycles. The summed E-state index contributed by atoms with van der Waals surface area (Å²) in [6.07, 6.45) is 4.07. The van der Waals surface area contributed by atoms with Crippen molar-refractivity contribution in [1.82, 2.24) is 19.6 Å². The predicted octanol–water partition coefficient (Wildman–Crippen LogP) is 3.98. The average molecular weight is 475 g/mol. The van der Waals surface area contributed by atoms with E-state index in [4.69, 9.17) is 9.47 Å². The number of methoxy groups -OCH3 is 1. The van der Waals surface area contributed by atoms with Crippen LogP contribution in [0.2, 0.25) is 0 Å². The second-order valence-electron chi connectivity index (χ2n) is 7.02. The fourth-order valence-electron chi connectivity index (χ4n) is 2.99. The molecule has 0 aliphatic carbocycles. The first kappa shape index (κ1) is 22.8. The second-order valence-corrected chi connectivity index (χ2v) is 7.02. The number of amides is 1. The van der Waals surface area contributed by atoms with Crippen LogP contribution >= 0.6 is 0 Å². The number of hydrogen-bond donors (Lipinski definition) is 1. The van der Waals surface area contributed by atoms with Gasteiger partial charge in [0.25, 0.3) is 5.91 Å². The highest BCUT2D eigenvalue weighted by atomic mass is 19.2. The highest BCUT2D eigenvalue weighted by Crippen LogP contribution is 2.21. The molecule has 2 heterocycles. The molecule has 1 amide bonds. The van der Waals surface area contributed by atoms with E-state index in [-0.39, 0.29) is 24.2 Å². The van der Waals surface area contributed by atoms with E-state index in [1.54, 1.807) is 37.6 Å². The quantitative estimate of drug-likeness (QED) is 0.237. The summed E-state index contributed by atoms with van der Waals surface area (Å²) >= 11 is 0. The number of halogens is 4. The first-order valence-electron chi connectivity index (χ1n) is 9.80. The SMILES string of the molecule is COc1ccc(OCn2ccc(C(=O)Nc3cnn(Cc4c(F)cc(F)c(F)c4F)c3)n2)cc1. The number of benzene rings is 2. The lowest BCUT2D eigenvalue weighted by atomic mass is 10.2. The molecule has 0 aliphatic heterocycles. The maximum absolute atomic E-state index is 13.9. The van der Waals surface area contributed by atoms with Gasteiger partial charge in [0.15, 0.2) is 29.9 Å². The largest absolute Gasteiger partial charge is 0.497 e. The van der Waals surface area contributed by atoms with E-state index >= 15 is 0 Å². The molecule has 2 aromatic heterocycles. The molecule has 8 nitrogen and oxygen atoms in total. The van der Waals surface area contributed by atoms with Crippen molar-refractivity contribution in [2.24, 2.45) is 0 Å². The Balaban J connectivity index is 1.36. The molecule has 0 radical (unpaired) electrons. The monoisotopic (exact) mass is 475 g/mol. The van der Waals surface area contributed by atoms with Crippen molar-refractivity contribution in [3.63, 3.8) is 0 Å². The average Bonchev–Trinajstić information content (AvgIpc) is 3.49. The summed E-state index contributed by atoms with van der Waals surface area (Å²) < 4.78 is 67.3. The Bertz CT molecular complexity index is 1320. The highest BCUT2D eigenvalue weighted by molar-refractivity contribution is 6.02. The van der Waals surface area contributed by atoms with Gasteiger partial charge in [-0.1, -0.05) is 0 Å². The summed E-state index contributed by atoms with van der Waals surface area (Å²) in [4.78, 5) is 12.4. The van der Waals surface area contributed by atoms with Gasteiger partial charge in [-0.25, -0.2) is 22.2 Å². The van der Waals surface area contributed by atoms with E-state index < -0.39 is 41.3 Å². The molecule has 0 fully saturated rings. The highest BCUT2D eigenvalue weighted by Gasteiger charge is 2.20. The molecule has 1 N–H and O–H groups in total. The molecule has 4 rings (SSSR count). The van der Waals surface area contributed by atoms with E-state index in [9.17, 15) is 22.4 Å². The molecule has 0 aliphatic rings. The normalized spacial score (nSPS) is 10.9. The van der Waals surface area contributed by atoms with Crippen molar-refractivity contribution < 1.29 is 31.8 Å². The molecule has 0 unspecified atom stereocenters. The molecule has 176 valence electrons. The fraction of sp³-hybridized carbons (Fsp3) is 0.136. The fourth-order valence-corrected chi connectivity index (χ4v) is 2.99. The van der Waals surface area contributed by atoms with Crippen LogP contribution in [0.3, 0.4) is 0 Å². The lowest BCUT2D eigenvalue weighted by molar-refractivity contribution is 0.102. The van der Waals surface area contributed by atoms with Gasteiger partial charge in [0, 0.05) is 24.0 Å². The van der Waals surface area contributed by atoms with Gasteiger partial charge in [0.2, 0.25) is 0 Å². The van der Waals surface area contributed by atoms with Gasteiger partial charge in [0.1, 0.15) is 17.3 Å². The van der Waals surface area contributed by atoms with Crippen LogP contribution in [0.15, 0.2) is 55.0 Å². The third kappa shape index (κ3) is 5.00. The number of anilines is 1. The van der Waals surface area contributed by atoms with Gasteiger partial charge < -0.3 is 14.8 Å². The zero-order chi connectivity index (χ0) is 24.2. The second kappa shape index (κ2) is 9.65. The Morgan fingerprint density at radius 1 is 1.00 bits per heavy atom. The van der Waals surface area contributed by atoms with E-state index in [1.165, 1.54) is 23.1 Å². The van der Waals surface area contributed by atoms with Gasteiger partial charge in [0.05, 0.1) is 25.5 Å².